The van der Waals surface area contributed by atoms with E-state index in [9.17, 15) is 4.39 Å². The van der Waals surface area contributed by atoms with Crippen LogP contribution in [0.25, 0.3) is 0 Å². The van der Waals surface area contributed by atoms with Gasteiger partial charge in [-0.3, -0.25) is 0 Å². The highest BCUT2D eigenvalue weighted by Gasteiger charge is 2.45. The molecule has 2 fully saturated rings. The molecule has 1 aromatic rings. The highest BCUT2D eigenvalue weighted by atomic mass is 19.1. The minimum atomic E-state index is -1.02. The number of hydrogen-bond acceptors (Lipinski definition) is 0. The normalized spacial score (nSPS) is 39.3. The molecule has 0 spiro atoms. The Balaban J connectivity index is 1.91. The molecule has 0 saturated heterocycles. The molecule has 2 aliphatic carbocycles. The summed E-state index contributed by atoms with van der Waals surface area (Å²) in [5, 5.41) is 0. The van der Waals surface area contributed by atoms with Crippen molar-refractivity contribution in [2.45, 2.75) is 37.8 Å². The van der Waals surface area contributed by atoms with Gasteiger partial charge >= 0.3 is 0 Å². The molecule has 0 radical (unpaired) electrons. The third kappa shape index (κ3) is 1.58. The third-order valence-electron chi connectivity index (χ3n) is 4.17. The van der Waals surface area contributed by atoms with Crippen molar-refractivity contribution in [3.8, 4) is 0 Å². The van der Waals surface area contributed by atoms with Gasteiger partial charge in [-0.1, -0.05) is 43.2 Å². The maximum atomic E-state index is 14.8. The molecule has 0 amide bonds. The van der Waals surface area contributed by atoms with Crippen molar-refractivity contribution in [1.29, 1.82) is 0 Å². The van der Waals surface area contributed by atoms with Crippen LogP contribution in [0, 0.1) is 11.8 Å². The molecule has 3 rings (SSSR count). The Hall–Kier alpha value is -0.850. The molecule has 0 nitrogen and oxygen atoms in total. The van der Waals surface area contributed by atoms with E-state index >= 15 is 0 Å². The Morgan fingerprint density at radius 3 is 2.20 bits per heavy atom. The lowest BCUT2D eigenvalue weighted by atomic mass is 9.75. The van der Waals surface area contributed by atoms with Gasteiger partial charge in [0.25, 0.3) is 0 Å². The smallest absolute Gasteiger partial charge is 0.136 e. The van der Waals surface area contributed by atoms with Crippen LogP contribution >= 0.6 is 0 Å². The van der Waals surface area contributed by atoms with E-state index in [-0.39, 0.29) is 0 Å². The summed E-state index contributed by atoms with van der Waals surface area (Å²) in [6.07, 6.45) is 5.30. The van der Waals surface area contributed by atoms with Crippen molar-refractivity contribution in [3.63, 3.8) is 0 Å². The fourth-order valence-electron chi connectivity index (χ4n) is 3.52. The molecule has 15 heavy (non-hydrogen) atoms. The highest BCUT2D eigenvalue weighted by molar-refractivity contribution is 5.24. The minimum Gasteiger partial charge on any atom is -0.239 e. The Kier molecular flexibility index (Phi) is 2.08. The second-order valence-corrected chi connectivity index (χ2v) is 5.28. The zero-order chi connectivity index (χ0) is 10.3. The van der Waals surface area contributed by atoms with Gasteiger partial charge in [-0.05, 0) is 36.7 Å². The fraction of sp³-hybridized carbons (Fsp3) is 0.571. The molecule has 1 aromatic carbocycles. The summed E-state index contributed by atoms with van der Waals surface area (Å²) in [6, 6.07) is 9.76. The van der Waals surface area contributed by atoms with Crippen LogP contribution in [0.4, 0.5) is 4.39 Å². The van der Waals surface area contributed by atoms with E-state index in [4.69, 9.17) is 0 Å². The van der Waals surface area contributed by atoms with E-state index < -0.39 is 5.67 Å². The molecule has 0 aliphatic heterocycles. The molecule has 2 aliphatic rings. The molecule has 0 aromatic heterocycles. The van der Waals surface area contributed by atoms with Gasteiger partial charge in [-0.2, -0.15) is 0 Å². The Morgan fingerprint density at radius 1 is 1.00 bits per heavy atom. The van der Waals surface area contributed by atoms with Crippen molar-refractivity contribution < 1.29 is 4.39 Å². The largest absolute Gasteiger partial charge is 0.239 e. The van der Waals surface area contributed by atoms with Crippen LogP contribution < -0.4 is 0 Å². The van der Waals surface area contributed by atoms with Gasteiger partial charge in [0, 0.05) is 0 Å². The average Bonchev–Trinajstić information content (AvgIpc) is 2.60. The Bertz CT molecular complexity index is 332. The van der Waals surface area contributed by atoms with Crippen LogP contribution in [0.5, 0.6) is 0 Å². The van der Waals surface area contributed by atoms with Gasteiger partial charge in [-0.25, -0.2) is 4.39 Å². The SMILES string of the molecule is FC1(c2ccccc2)CC2CCC(C2)C1. The Labute approximate surface area is 90.5 Å². The number of halogens is 1. The molecule has 2 saturated carbocycles. The minimum absolute atomic E-state index is 0.647. The summed E-state index contributed by atoms with van der Waals surface area (Å²) >= 11 is 0. The topological polar surface area (TPSA) is 0 Å². The molecule has 2 unspecified atom stereocenters. The number of benzene rings is 1. The maximum absolute atomic E-state index is 14.8. The van der Waals surface area contributed by atoms with Gasteiger partial charge in [0.15, 0.2) is 0 Å². The molecule has 2 atom stereocenters. The first kappa shape index (κ1) is 9.38. The average molecular weight is 204 g/mol. The van der Waals surface area contributed by atoms with Gasteiger partial charge in [0.2, 0.25) is 0 Å². The van der Waals surface area contributed by atoms with Gasteiger partial charge in [0.05, 0.1) is 0 Å². The van der Waals surface area contributed by atoms with Crippen LogP contribution in [-0.4, -0.2) is 0 Å². The van der Waals surface area contributed by atoms with Gasteiger partial charge in [-0.15, -0.1) is 0 Å². The zero-order valence-electron chi connectivity index (χ0n) is 8.95. The van der Waals surface area contributed by atoms with E-state index in [1.54, 1.807) is 0 Å². The summed E-state index contributed by atoms with van der Waals surface area (Å²) in [7, 11) is 0. The molecule has 80 valence electrons. The standard InChI is InChI=1S/C14H17F/c15-14(13-4-2-1-3-5-13)9-11-6-7-12(8-11)10-14/h1-5,11-12H,6-10H2. The van der Waals surface area contributed by atoms with Gasteiger partial charge < -0.3 is 0 Å². The van der Waals surface area contributed by atoms with Gasteiger partial charge in [0.1, 0.15) is 5.67 Å². The van der Waals surface area contributed by atoms with Crippen molar-refractivity contribution in [3.05, 3.63) is 35.9 Å². The highest BCUT2D eigenvalue weighted by Crippen LogP contribution is 2.52. The molecule has 1 heteroatoms. The van der Waals surface area contributed by atoms with Crippen molar-refractivity contribution >= 4 is 0 Å². The predicted octanol–water partition coefficient (Wildman–Crippen LogP) is 4.06. The van der Waals surface area contributed by atoms with E-state index in [0.29, 0.717) is 11.8 Å². The van der Waals surface area contributed by atoms with Crippen LogP contribution in [-0.2, 0) is 5.67 Å². The number of hydrogen-bond donors (Lipinski definition) is 0. The molecular formula is C14H17F. The first-order chi connectivity index (χ1) is 7.26. The lowest BCUT2D eigenvalue weighted by Gasteiger charge is -2.34. The second kappa shape index (κ2) is 3.33. The quantitative estimate of drug-likeness (QED) is 0.647. The van der Waals surface area contributed by atoms with Crippen molar-refractivity contribution in [2.75, 3.05) is 0 Å². The molecule has 0 N–H and O–H groups in total. The monoisotopic (exact) mass is 204 g/mol. The number of rotatable bonds is 1. The molecule has 2 bridgehead atoms. The first-order valence-corrected chi connectivity index (χ1v) is 6.01. The summed E-state index contributed by atoms with van der Waals surface area (Å²) in [5.41, 5.74) is -0.118. The van der Waals surface area contributed by atoms with Crippen LogP contribution in [0.15, 0.2) is 30.3 Å². The first-order valence-electron chi connectivity index (χ1n) is 6.01. The summed E-state index contributed by atoms with van der Waals surface area (Å²) < 4.78 is 14.8. The van der Waals surface area contributed by atoms with E-state index in [0.717, 1.165) is 18.4 Å². The molecule has 0 heterocycles. The van der Waals surface area contributed by atoms with E-state index in [1.165, 1.54) is 19.3 Å². The Morgan fingerprint density at radius 2 is 1.60 bits per heavy atom. The van der Waals surface area contributed by atoms with Crippen molar-refractivity contribution in [2.24, 2.45) is 11.8 Å². The van der Waals surface area contributed by atoms with Crippen LogP contribution in [0.1, 0.15) is 37.7 Å². The number of fused-ring (bicyclic) bond motifs is 2. The lowest BCUT2D eigenvalue weighted by Crippen LogP contribution is -2.29. The van der Waals surface area contributed by atoms with Crippen LogP contribution in [0.2, 0.25) is 0 Å². The van der Waals surface area contributed by atoms with E-state index in [2.05, 4.69) is 0 Å². The van der Waals surface area contributed by atoms with E-state index in [1.807, 2.05) is 30.3 Å². The number of alkyl halides is 1. The summed E-state index contributed by atoms with van der Waals surface area (Å²) in [5.74, 6) is 1.29. The lowest BCUT2D eigenvalue weighted by molar-refractivity contribution is 0.0670. The zero-order valence-corrected chi connectivity index (χ0v) is 8.95. The molecular weight excluding hydrogens is 187 g/mol. The summed E-state index contributed by atoms with van der Waals surface area (Å²) in [4.78, 5) is 0. The second-order valence-electron chi connectivity index (χ2n) is 5.28. The maximum Gasteiger partial charge on any atom is 0.136 e. The summed E-state index contributed by atoms with van der Waals surface area (Å²) in [6.45, 7) is 0. The predicted molar refractivity (Wildman–Crippen MR) is 59.3 cm³/mol. The fourth-order valence-corrected chi connectivity index (χ4v) is 3.52. The third-order valence-corrected chi connectivity index (χ3v) is 4.17. The van der Waals surface area contributed by atoms with Crippen LogP contribution in [0.3, 0.4) is 0 Å². The van der Waals surface area contributed by atoms with Crippen molar-refractivity contribution in [1.82, 2.24) is 0 Å².